The van der Waals surface area contributed by atoms with E-state index >= 15 is 0 Å². The lowest BCUT2D eigenvalue weighted by molar-refractivity contribution is -0.0500. The first-order valence-corrected chi connectivity index (χ1v) is 6.19. The van der Waals surface area contributed by atoms with Gasteiger partial charge in [0.25, 0.3) is 0 Å². The smallest absolute Gasteiger partial charge is 0.497 e. The van der Waals surface area contributed by atoms with Crippen LogP contribution in [0.25, 0.3) is 0 Å². The zero-order chi connectivity index (χ0) is 14.8. The zero-order valence-corrected chi connectivity index (χ0v) is 10.6. The highest BCUT2D eigenvalue weighted by molar-refractivity contribution is 7.88. The molecule has 0 aliphatic heterocycles. The van der Waals surface area contributed by atoms with Gasteiger partial charge in [0.05, 0.1) is 12.7 Å². The predicted octanol–water partition coefficient (Wildman–Crippen LogP) is 2.13. The lowest BCUT2D eigenvalue weighted by Crippen LogP contribution is -2.28. The Morgan fingerprint density at radius 2 is 1.84 bits per heavy atom. The molecule has 0 radical (unpaired) electrons. The Morgan fingerprint density at radius 3 is 2.26 bits per heavy atom. The van der Waals surface area contributed by atoms with Crippen molar-refractivity contribution >= 4 is 15.9 Å². The molecule has 1 rings (SSSR count). The molecule has 0 fully saturated rings. The summed E-state index contributed by atoms with van der Waals surface area (Å²) in [6.45, 7) is 1.06. The molecule has 0 aliphatic carbocycles. The van der Waals surface area contributed by atoms with E-state index in [1.165, 1.54) is 13.2 Å². The highest BCUT2D eigenvalue weighted by Crippen LogP contribution is 2.31. The molecule has 19 heavy (non-hydrogen) atoms. The number of hydrogen-bond donors (Lipinski definition) is 0. The molecule has 0 aromatic heterocycles. The van der Waals surface area contributed by atoms with Crippen molar-refractivity contribution in [1.82, 2.24) is 0 Å². The van der Waals surface area contributed by atoms with E-state index in [4.69, 9.17) is 4.74 Å². The first-order chi connectivity index (χ1) is 8.58. The lowest BCUT2D eigenvalue weighted by Gasteiger charge is -2.12. The van der Waals surface area contributed by atoms with Crippen molar-refractivity contribution in [3.8, 4) is 11.5 Å². The SMILES string of the molecule is COc1ccc(OS(=O)(=O)C(F)(F)F)c(C(C)=O)c1. The van der Waals surface area contributed by atoms with Gasteiger partial charge in [-0.3, -0.25) is 4.79 Å². The Labute approximate surface area is 107 Å². The van der Waals surface area contributed by atoms with Crippen molar-refractivity contribution in [1.29, 1.82) is 0 Å². The predicted molar refractivity (Wildman–Crippen MR) is 58.6 cm³/mol. The maximum absolute atomic E-state index is 12.2. The molecule has 5 nitrogen and oxygen atoms in total. The normalized spacial score (nSPS) is 12.1. The summed E-state index contributed by atoms with van der Waals surface area (Å²) in [5, 5.41) is 0. The standard InChI is InChI=1S/C10H9F3O5S/c1-6(14)8-5-7(17-2)3-4-9(8)18-19(15,16)10(11,12)13/h3-5H,1-2H3. The molecule has 1 aromatic carbocycles. The van der Waals surface area contributed by atoms with Crippen LogP contribution < -0.4 is 8.92 Å². The number of methoxy groups -OCH3 is 1. The average molecular weight is 298 g/mol. The number of ketones is 1. The number of halogens is 3. The van der Waals surface area contributed by atoms with E-state index in [0.29, 0.717) is 0 Å². The maximum atomic E-state index is 12.2. The third kappa shape index (κ3) is 3.37. The monoisotopic (exact) mass is 298 g/mol. The number of carbonyl (C=O) groups is 1. The summed E-state index contributed by atoms with van der Waals surface area (Å²) in [5.74, 6) is -1.18. The van der Waals surface area contributed by atoms with Crippen LogP contribution in [0.4, 0.5) is 13.2 Å². The minimum absolute atomic E-state index is 0.182. The molecule has 0 heterocycles. The summed E-state index contributed by atoms with van der Waals surface area (Å²) in [6.07, 6.45) is 0. The molecule has 106 valence electrons. The van der Waals surface area contributed by atoms with E-state index in [1.54, 1.807) is 0 Å². The first-order valence-electron chi connectivity index (χ1n) is 4.78. The van der Waals surface area contributed by atoms with Crippen LogP contribution in [0.3, 0.4) is 0 Å². The molecule has 0 bridgehead atoms. The molecule has 1 aromatic rings. The Morgan fingerprint density at radius 1 is 1.26 bits per heavy atom. The highest BCUT2D eigenvalue weighted by Gasteiger charge is 2.48. The van der Waals surface area contributed by atoms with Crippen LogP contribution in [0, 0.1) is 0 Å². The first kappa shape index (κ1) is 15.3. The van der Waals surface area contributed by atoms with Gasteiger partial charge >= 0.3 is 15.6 Å². The lowest BCUT2D eigenvalue weighted by atomic mass is 10.1. The molecule has 0 saturated carbocycles. The number of benzene rings is 1. The Bertz CT molecular complexity index is 592. The third-order valence-corrected chi connectivity index (χ3v) is 3.01. The molecule has 0 spiro atoms. The van der Waals surface area contributed by atoms with Crippen LogP contribution in [-0.4, -0.2) is 26.8 Å². The van der Waals surface area contributed by atoms with E-state index in [0.717, 1.165) is 19.1 Å². The fraction of sp³-hybridized carbons (Fsp3) is 0.300. The van der Waals surface area contributed by atoms with Crippen LogP contribution in [0.1, 0.15) is 17.3 Å². The molecule has 0 unspecified atom stereocenters. The number of Topliss-reactive ketones (excluding diaryl/α,β-unsaturated/α-hetero) is 1. The number of rotatable bonds is 4. The van der Waals surface area contributed by atoms with Crippen molar-refractivity contribution in [2.75, 3.05) is 7.11 Å². The zero-order valence-electron chi connectivity index (χ0n) is 9.82. The minimum Gasteiger partial charge on any atom is -0.497 e. The molecule has 0 aliphatic rings. The summed E-state index contributed by atoms with van der Waals surface area (Å²) in [4.78, 5) is 11.3. The van der Waals surface area contributed by atoms with Gasteiger partial charge in [-0.15, -0.1) is 0 Å². The number of hydrogen-bond acceptors (Lipinski definition) is 5. The fourth-order valence-corrected chi connectivity index (χ4v) is 1.63. The minimum atomic E-state index is -5.82. The second kappa shape index (κ2) is 5.08. The van der Waals surface area contributed by atoms with Crippen LogP contribution in [0.15, 0.2) is 18.2 Å². The average Bonchev–Trinajstić information content (AvgIpc) is 2.27. The van der Waals surface area contributed by atoms with Gasteiger partial charge in [0.2, 0.25) is 0 Å². The summed E-state index contributed by atoms with van der Waals surface area (Å²) in [6, 6.07) is 3.18. The van der Waals surface area contributed by atoms with Gasteiger partial charge in [-0.05, 0) is 25.1 Å². The molecular formula is C10H9F3O5S. The van der Waals surface area contributed by atoms with Crippen molar-refractivity contribution < 1.29 is 35.3 Å². The van der Waals surface area contributed by atoms with Gasteiger partial charge < -0.3 is 8.92 Å². The Hall–Kier alpha value is -1.77. The van der Waals surface area contributed by atoms with Crippen LogP contribution in [0.2, 0.25) is 0 Å². The van der Waals surface area contributed by atoms with Crippen molar-refractivity contribution in [2.24, 2.45) is 0 Å². The quantitative estimate of drug-likeness (QED) is 0.484. The maximum Gasteiger partial charge on any atom is 0.534 e. The van der Waals surface area contributed by atoms with Gasteiger partial charge in [-0.25, -0.2) is 0 Å². The Balaban J connectivity index is 3.26. The second-order valence-electron chi connectivity index (χ2n) is 3.40. The van der Waals surface area contributed by atoms with E-state index < -0.39 is 27.2 Å². The summed E-state index contributed by atoms with van der Waals surface area (Å²) < 4.78 is 67.0. The van der Waals surface area contributed by atoms with Crippen molar-refractivity contribution in [3.63, 3.8) is 0 Å². The number of alkyl halides is 3. The molecule has 0 saturated heterocycles. The van der Waals surface area contributed by atoms with E-state index in [1.807, 2.05) is 0 Å². The van der Waals surface area contributed by atoms with Crippen LogP contribution in [0.5, 0.6) is 11.5 Å². The highest BCUT2D eigenvalue weighted by atomic mass is 32.2. The molecule has 0 N–H and O–H groups in total. The second-order valence-corrected chi connectivity index (χ2v) is 4.94. The third-order valence-electron chi connectivity index (χ3n) is 2.05. The van der Waals surface area contributed by atoms with Gasteiger partial charge in [0, 0.05) is 0 Å². The van der Waals surface area contributed by atoms with E-state index in [2.05, 4.69) is 4.18 Å². The van der Waals surface area contributed by atoms with Gasteiger partial charge in [0.15, 0.2) is 11.5 Å². The molecule has 0 atom stereocenters. The molecule has 0 amide bonds. The van der Waals surface area contributed by atoms with Crippen molar-refractivity contribution in [3.05, 3.63) is 23.8 Å². The van der Waals surface area contributed by atoms with Gasteiger partial charge in [0.1, 0.15) is 5.75 Å². The van der Waals surface area contributed by atoms with Crippen LogP contribution in [-0.2, 0) is 10.1 Å². The molecular weight excluding hydrogens is 289 g/mol. The Kier molecular flexibility index (Phi) is 4.09. The number of carbonyl (C=O) groups excluding carboxylic acids is 1. The van der Waals surface area contributed by atoms with Gasteiger partial charge in [-0.2, -0.15) is 21.6 Å². The van der Waals surface area contributed by atoms with Crippen LogP contribution >= 0.6 is 0 Å². The summed E-state index contributed by atoms with van der Waals surface area (Å²) in [5.41, 5.74) is -5.90. The largest absolute Gasteiger partial charge is 0.534 e. The topological polar surface area (TPSA) is 69.7 Å². The fourth-order valence-electron chi connectivity index (χ4n) is 1.15. The summed E-state index contributed by atoms with van der Waals surface area (Å²) in [7, 11) is -4.54. The van der Waals surface area contributed by atoms with E-state index in [-0.39, 0.29) is 11.3 Å². The number of ether oxygens (including phenoxy) is 1. The van der Waals surface area contributed by atoms with Gasteiger partial charge in [-0.1, -0.05) is 0 Å². The summed E-state index contributed by atoms with van der Waals surface area (Å²) >= 11 is 0. The van der Waals surface area contributed by atoms with Crippen molar-refractivity contribution in [2.45, 2.75) is 12.4 Å². The van der Waals surface area contributed by atoms with E-state index in [9.17, 15) is 26.4 Å². The molecule has 9 heteroatoms.